The third-order valence-electron chi connectivity index (χ3n) is 3.71. The number of nitrogens with zero attached hydrogens (tertiary/aromatic N) is 4. The van der Waals surface area contributed by atoms with E-state index < -0.39 is 0 Å². The number of aromatic nitrogens is 4. The molecule has 4 aromatic rings. The van der Waals surface area contributed by atoms with Crippen molar-refractivity contribution >= 4 is 27.9 Å². The monoisotopic (exact) mass is 356 g/mol. The Morgan fingerprint density at radius 3 is 2.62 bits per heavy atom. The second-order valence-corrected chi connectivity index (χ2v) is 6.59. The van der Waals surface area contributed by atoms with E-state index in [0.29, 0.717) is 16.6 Å². The number of ether oxygens (including phenoxy) is 2. The van der Waals surface area contributed by atoms with Gasteiger partial charge >= 0.3 is 0 Å². The first kappa shape index (κ1) is 13.8. The zero-order valence-electron chi connectivity index (χ0n) is 12.1. The van der Waals surface area contributed by atoms with Gasteiger partial charge in [0.2, 0.25) is 11.8 Å². The highest BCUT2D eigenvalue weighted by atomic mass is 35.5. The van der Waals surface area contributed by atoms with Crippen molar-refractivity contribution in [2.75, 3.05) is 6.79 Å². The van der Waals surface area contributed by atoms with Gasteiger partial charge in [-0.2, -0.15) is 9.61 Å². The van der Waals surface area contributed by atoms with E-state index in [1.165, 1.54) is 11.3 Å². The SMILES string of the molecule is Clc1ccc(-c2nn3c(-c4ccc5c(c4)OCO5)nnc3s2)cc1. The molecule has 0 amide bonds. The summed E-state index contributed by atoms with van der Waals surface area (Å²) in [6.45, 7) is 0.242. The van der Waals surface area contributed by atoms with Gasteiger partial charge in [0.1, 0.15) is 5.01 Å². The van der Waals surface area contributed by atoms with E-state index in [0.717, 1.165) is 26.8 Å². The highest BCUT2D eigenvalue weighted by Gasteiger charge is 2.18. The third-order valence-corrected chi connectivity index (χ3v) is 4.91. The molecule has 118 valence electrons. The fraction of sp³-hybridized carbons (Fsp3) is 0.0625. The minimum Gasteiger partial charge on any atom is -0.454 e. The first-order valence-corrected chi connectivity index (χ1v) is 8.35. The second-order valence-electron chi connectivity index (χ2n) is 5.20. The Balaban J connectivity index is 1.61. The van der Waals surface area contributed by atoms with Crippen LogP contribution in [0.25, 0.3) is 26.9 Å². The van der Waals surface area contributed by atoms with Crippen LogP contribution in [0.2, 0.25) is 5.02 Å². The third kappa shape index (κ3) is 2.13. The van der Waals surface area contributed by atoms with Crippen LogP contribution in [0.15, 0.2) is 42.5 Å². The molecule has 0 bridgehead atoms. The highest BCUT2D eigenvalue weighted by Crippen LogP contribution is 2.36. The number of halogens is 1. The molecule has 6 nitrogen and oxygen atoms in total. The van der Waals surface area contributed by atoms with Crippen molar-refractivity contribution in [2.24, 2.45) is 0 Å². The molecular formula is C16H9ClN4O2S. The summed E-state index contributed by atoms with van der Waals surface area (Å²) in [5.74, 6) is 2.11. The Kier molecular flexibility index (Phi) is 2.97. The maximum atomic E-state index is 5.94. The molecule has 8 heteroatoms. The average Bonchev–Trinajstić information content (AvgIpc) is 3.29. The van der Waals surface area contributed by atoms with Gasteiger partial charge in [0, 0.05) is 16.1 Å². The minimum absolute atomic E-state index is 0.242. The minimum atomic E-state index is 0.242. The molecule has 0 saturated heterocycles. The second kappa shape index (κ2) is 5.19. The van der Waals surface area contributed by atoms with Crippen LogP contribution in [0.1, 0.15) is 0 Å². The standard InChI is InChI=1S/C16H9ClN4O2S/c17-11-4-1-9(2-5-11)15-20-21-14(18-19-16(21)24-15)10-3-6-12-13(7-10)23-8-22-12/h1-7H,8H2. The van der Waals surface area contributed by atoms with Crippen molar-refractivity contribution in [3.8, 4) is 33.5 Å². The summed E-state index contributed by atoms with van der Waals surface area (Å²) >= 11 is 7.42. The number of rotatable bonds is 2. The lowest BCUT2D eigenvalue weighted by molar-refractivity contribution is 0.174. The summed E-state index contributed by atoms with van der Waals surface area (Å²) in [6.07, 6.45) is 0. The van der Waals surface area contributed by atoms with Gasteiger partial charge in [0.15, 0.2) is 17.3 Å². The fourth-order valence-corrected chi connectivity index (χ4v) is 3.51. The van der Waals surface area contributed by atoms with Crippen LogP contribution in [0.4, 0.5) is 0 Å². The average molecular weight is 357 g/mol. The van der Waals surface area contributed by atoms with E-state index in [9.17, 15) is 0 Å². The molecule has 0 spiro atoms. The first-order chi connectivity index (χ1) is 11.8. The predicted octanol–water partition coefficient (Wildman–Crippen LogP) is 3.90. The molecule has 0 saturated carbocycles. The lowest BCUT2D eigenvalue weighted by Gasteiger charge is -2.00. The molecule has 1 aliphatic heterocycles. The summed E-state index contributed by atoms with van der Waals surface area (Å²) in [6, 6.07) is 13.2. The molecule has 1 aliphatic rings. The maximum absolute atomic E-state index is 5.94. The Hall–Kier alpha value is -2.64. The van der Waals surface area contributed by atoms with Crippen LogP contribution in [0.3, 0.4) is 0 Å². The van der Waals surface area contributed by atoms with Crippen LogP contribution in [-0.2, 0) is 0 Å². The van der Waals surface area contributed by atoms with Gasteiger partial charge in [-0.25, -0.2) is 0 Å². The van der Waals surface area contributed by atoms with E-state index in [4.69, 9.17) is 21.1 Å². The van der Waals surface area contributed by atoms with Crippen molar-refractivity contribution in [3.05, 3.63) is 47.5 Å². The van der Waals surface area contributed by atoms with Crippen molar-refractivity contribution in [2.45, 2.75) is 0 Å². The highest BCUT2D eigenvalue weighted by molar-refractivity contribution is 7.19. The van der Waals surface area contributed by atoms with Gasteiger partial charge in [-0.1, -0.05) is 35.1 Å². The molecule has 0 unspecified atom stereocenters. The molecule has 0 N–H and O–H groups in total. The first-order valence-electron chi connectivity index (χ1n) is 7.16. The molecule has 2 aromatic heterocycles. The summed E-state index contributed by atoms with van der Waals surface area (Å²) in [5, 5.41) is 14.7. The van der Waals surface area contributed by atoms with Crippen molar-refractivity contribution in [3.63, 3.8) is 0 Å². The Bertz CT molecular complexity index is 1060. The molecule has 3 heterocycles. The summed E-state index contributed by atoms with van der Waals surface area (Å²) < 4.78 is 12.5. The Labute approximate surface area is 145 Å². The maximum Gasteiger partial charge on any atom is 0.235 e. The fourth-order valence-electron chi connectivity index (χ4n) is 2.54. The van der Waals surface area contributed by atoms with Gasteiger partial charge < -0.3 is 9.47 Å². The molecule has 24 heavy (non-hydrogen) atoms. The molecular weight excluding hydrogens is 348 g/mol. The van der Waals surface area contributed by atoms with E-state index in [1.54, 1.807) is 4.52 Å². The number of hydrogen-bond acceptors (Lipinski definition) is 6. The molecule has 0 fully saturated rings. The summed E-state index contributed by atoms with van der Waals surface area (Å²) in [7, 11) is 0. The van der Waals surface area contributed by atoms with Crippen LogP contribution in [-0.4, -0.2) is 26.6 Å². The van der Waals surface area contributed by atoms with Crippen LogP contribution < -0.4 is 9.47 Å². The molecule has 0 aliphatic carbocycles. The number of fused-ring (bicyclic) bond motifs is 2. The van der Waals surface area contributed by atoms with Crippen molar-refractivity contribution in [1.82, 2.24) is 19.8 Å². The molecule has 0 atom stereocenters. The number of hydrogen-bond donors (Lipinski definition) is 0. The summed E-state index contributed by atoms with van der Waals surface area (Å²) in [5.41, 5.74) is 1.87. The Morgan fingerprint density at radius 2 is 1.75 bits per heavy atom. The van der Waals surface area contributed by atoms with Crippen LogP contribution >= 0.6 is 22.9 Å². The normalized spacial score (nSPS) is 12.9. The molecule has 0 radical (unpaired) electrons. The number of benzene rings is 2. The largest absolute Gasteiger partial charge is 0.454 e. The smallest absolute Gasteiger partial charge is 0.235 e. The molecule has 5 rings (SSSR count). The summed E-state index contributed by atoms with van der Waals surface area (Å²) in [4.78, 5) is 0.729. The van der Waals surface area contributed by atoms with Gasteiger partial charge in [-0.15, -0.1) is 10.2 Å². The zero-order valence-corrected chi connectivity index (χ0v) is 13.7. The van der Waals surface area contributed by atoms with Gasteiger partial charge in [0.25, 0.3) is 0 Å². The van der Waals surface area contributed by atoms with Crippen LogP contribution in [0.5, 0.6) is 11.5 Å². The van der Waals surface area contributed by atoms with Crippen molar-refractivity contribution in [1.29, 1.82) is 0 Å². The van der Waals surface area contributed by atoms with Gasteiger partial charge in [0.05, 0.1) is 0 Å². The Morgan fingerprint density at radius 1 is 0.958 bits per heavy atom. The quantitative estimate of drug-likeness (QED) is 0.545. The topological polar surface area (TPSA) is 61.5 Å². The van der Waals surface area contributed by atoms with Gasteiger partial charge in [-0.05, 0) is 30.3 Å². The molecule has 2 aromatic carbocycles. The van der Waals surface area contributed by atoms with E-state index >= 15 is 0 Å². The zero-order chi connectivity index (χ0) is 16.1. The lowest BCUT2D eigenvalue weighted by atomic mass is 10.2. The van der Waals surface area contributed by atoms with Gasteiger partial charge in [-0.3, -0.25) is 0 Å². The van der Waals surface area contributed by atoms with E-state index in [2.05, 4.69) is 15.3 Å². The van der Waals surface area contributed by atoms with Crippen molar-refractivity contribution < 1.29 is 9.47 Å². The van der Waals surface area contributed by atoms with E-state index in [-0.39, 0.29) is 6.79 Å². The lowest BCUT2D eigenvalue weighted by Crippen LogP contribution is -1.93. The predicted molar refractivity (Wildman–Crippen MR) is 90.7 cm³/mol. The van der Waals surface area contributed by atoms with E-state index in [1.807, 2.05) is 42.5 Å². The van der Waals surface area contributed by atoms with Crippen LogP contribution in [0, 0.1) is 0 Å².